The quantitative estimate of drug-likeness (QED) is 0.929. The summed E-state index contributed by atoms with van der Waals surface area (Å²) >= 11 is 0. The molecule has 0 bridgehead atoms. The molecule has 3 rings (SSSR count). The summed E-state index contributed by atoms with van der Waals surface area (Å²) in [6.07, 6.45) is 6.03. The number of nitrogens with zero attached hydrogens (tertiary/aromatic N) is 5. The Morgan fingerprint density at radius 3 is 3.05 bits per heavy atom. The smallest absolute Gasteiger partial charge is 0.171 e. The van der Waals surface area contributed by atoms with Crippen LogP contribution in [0.1, 0.15) is 29.7 Å². The van der Waals surface area contributed by atoms with Crippen molar-refractivity contribution in [3.63, 3.8) is 0 Å². The normalized spacial score (nSPS) is 17.4. The molecule has 1 aliphatic rings. The first-order valence-electron chi connectivity index (χ1n) is 7.32. The first kappa shape index (κ1) is 14.5. The van der Waals surface area contributed by atoms with Crippen molar-refractivity contribution in [2.24, 2.45) is 0 Å². The predicted octanol–water partition coefficient (Wildman–Crippen LogP) is 2.08. The maximum atomic E-state index is 9.30. The molecule has 1 atom stereocenters. The Balaban J connectivity index is 1.75. The zero-order valence-electron chi connectivity index (χ0n) is 12.7. The van der Waals surface area contributed by atoms with E-state index in [4.69, 9.17) is 4.74 Å². The molecule has 0 saturated carbocycles. The second-order valence-corrected chi connectivity index (χ2v) is 5.46. The molecule has 0 aromatic carbocycles. The fourth-order valence-corrected chi connectivity index (χ4v) is 2.49. The van der Waals surface area contributed by atoms with Gasteiger partial charge in [0.2, 0.25) is 0 Å². The summed E-state index contributed by atoms with van der Waals surface area (Å²) in [4.78, 5) is 0. The third-order valence-electron chi connectivity index (χ3n) is 3.88. The number of nitriles is 1. The molecule has 0 spiro atoms. The third kappa shape index (κ3) is 2.92. The van der Waals surface area contributed by atoms with Gasteiger partial charge in [0.05, 0.1) is 30.2 Å². The van der Waals surface area contributed by atoms with Crippen molar-refractivity contribution in [2.75, 3.05) is 11.9 Å². The molecule has 114 valence electrons. The van der Waals surface area contributed by atoms with Gasteiger partial charge in [-0.25, -0.2) is 0 Å². The van der Waals surface area contributed by atoms with E-state index < -0.39 is 0 Å². The number of nitrogens with one attached hydrogen (secondary N) is 1. The van der Waals surface area contributed by atoms with E-state index in [0.717, 1.165) is 42.9 Å². The van der Waals surface area contributed by atoms with Crippen molar-refractivity contribution < 1.29 is 4.74 Å². The van der Waals surface area contributed by atoms with Crippen LogP contribution in [0.4, 0.5) is 11.5 Å². The Kier molecular flexibility index (Phi) is 4.02. The number of aromatic nitrogens is 4. The number of hydrogen-bond donors (Lipinski definition) is 1. The van der Waals surface area contributed by atoms with Gasteiger partial charge in [-0.15, -0.1) is 5.10 Å². The van der Waals surface area contributed by atoms with Crippen LogP contribution in [0.3, 0.4) is 0 Å². The zero-order chi connectivity index (χ0) is 15.5. The van der Waals surface area contributed by atoms with Gasteiger partial charge in [0, 0.05) is 12.8 Å². The second kappa shape index (κ2) is 6.12. The van der Waals surface area contributed by atoms with Gasteiger partial charge in [0.15, 0.2) is 5.82 Å². The van der Waals surface area contributed by atoms with Crippen molar-refractivity contribution in [3.8, 4) is 6.07 Å². The maximum Gasteiger partial charge on any atom is 0.171 e. The molecule has 1 fully saturated rings. The summed E-state index contributed by atoms with van der Waals surface area (Å²) in [6, 6.07) is 2.18. The highest BCUT2D eigenvalue weighted by atomic mass is 16.5. The van der Waals surface area contributed by atoms with Crippen LogP contribution >= 0.6 is 0 Å². The Labute approximate surface area is 128 Å². The molecular formula is C15H18N6O. The molecule has 2 aromatic heterocycles. The van der Waals surface area contributed by atoms with Crippen LogP contribution < -0.4 is 5.32 Å². The van der Waals surface area contributed by atoms with Gasteiger partial charge in [0.25, 0.3) is 0 Å². The van der Waals surface area contributed by atoms with Crippen LogP contribution in [-0.2, 0) is 11.3 Å². The average molecular weight is 298 g/mol. The first-order valence-corrected chi connectivity index (χ1v) is 7.32. The first-order chi connectivity index (χ1) is 10.7. The number of anilines is 2. The lowest BCUT2D eigenvalue weighted by Gasteiger charge is -2.09. The number of rotatable bonds is 4. The van der Waals surface area contributed by atoms with Crippen molar-refractivity contribution in [1.82, 2.24) is 20.0 Å². The third-order valence-corrected chi connectivity index (χ3v) is 3.88. The van der Waals surface area contributed by atoms with Gasteiger partial charge in [-0.1, -0.05) is 0 Å². The molecule has 0 amide bonds. The van der Waals surface area contributed by atoms with Gasteiger partial charge in [-0.3, -0.25) is 4.68 Å². The summed E-state index contributed by atoms with van der Waals surface area (Å²) in [6.45, 7) is 5.29. The Bertz CT molecular complexity index is 711. The van der Waals surface area contributed by atoms with Crippen LogP contribution in [0.5, 0.6) is 0 Å². The second-order valence-electron chi connectivity index (χ2n) is 5.46. The largest absolute Gasteiger partial charge is 0.376 e. The lowest BCUT2D eigenvalue weighted by Crippen LogP contribution is -2.15. The summed E-state index contributed by atoms with van der Waals surface area (Å²) in [7, 11) is 0. The van der Waals surface area contributed by atoms with Crippen LogP contribution in [-0.4, -0.2) is 32.7 Å². The number of ether oxygens (including phenoxy) is 1. The molecular weight excluding hydrogens is 280 g/mol. The van der Waals surface area contributed by atoms with Gasteiger partial charge in [0.1, 0.15) is 11.6 Å². The Morgan fingerprint density at radius 1 is 1.45 bits per heavy atom. The van der Waals surface area contributed by atoms with Crippen molar-refractivity contribution in [1.29, 1.82) is 5.26 Å². The van der Waals surface area contributed by atoms with Crippen molar-refractivity contribution >= 4 is 11.5 Å². The topological polar surface area (TPSA) is 88.7 Å². The van der Waals surface area contributed by atoms with E-state index in [1.54, 1.807) is 6.20 Å². The highest BCUT2D eigenvalue weighted by Gasteiger charge is 2.17. The lowest BCUT2D eigenvalue weighted by molar-refractivity contribution is 0.0940. The lowest BCUT2D eigenvalue weighted by atomic mass is 10.1. The maximum absolute atomic E-state index is 9.30. The molecule has 7 heteroatoms. The molecule has 0 radical (unpaired) electrons. The van der Waals surface area contributed by atoms with E-state index in [9.17, 15) is 5.26 Å². The summed E-state index contributed by atoms with van der Waals surface area (Å²) in [5, 5.41) is 24.9. The molecule has 0 unspecified atom stereocenters. The highest BCUT2D eigenvalue weighted by Crippen LogP contribution is 2.21. The minimum Gasteiger partial charge on any atom is -0.376 e. The van der Waals surface area contributed by atoms with Gasteiger partial charge in [-0.2, -0.15) is 15.5 Å². The fraction of sp³-hybridized carbons (Fsp3) is 0.467. The Hall–Kier alpha value is -2.46. The summed E-state index contributed by atoms with van der Waals surface area (Å²) in [5.41, 5.74) is 2.90. The molecule has 1 saturated heterocycles. The minimum atomic E-state index is 0.240. The van der Waals surface area contributed by atoms with E-state index in [1.165, 1.54) is 0 Å². The Morgan fingerprint density at radius 2 is 2.32 bits per heavy atom. The van der Waals surface area contributed by atoms with Crippen molar-refractivity contribution in [3.05, 3.63) is 29.2 Å². The predicted molar refractivity (Wildman–Crippen MR) is 80.7 cm³/mol. The highest BCUT2D eigenvalue weighted by molar-refractivity contribution is 5.63. The molecule has 3 heterocycles. The monoisotopic (exact) mass is 298 g/mol. The average Bonchev–Trinajstić information content (AvgIpc) is 3.16. The van der Waals surface area contributed by atoms with Crippen molar-refractivity contribution in [2.45, 2.75) is 39.3 Å². The minimum absolute atomic E-state index is 0.240. The summed E-state index contributed by atoms with van der Waals surface area (Å²) < 4.78 is 7.45. The van der Waals surface area contributed by atoms with Crippen LogP contribution in [0.25, 0.3) is 0 Å². The number of hydrogen-bond acceptors (Lipinski definition) is 6. The van der Waals surface area contributed by atoms with Crippen LogP contribution in [0.2, 0.25) is 0 Å². The van der Waals surface area contributed by atoms with Gasteiger partial charge >= 0.3 is 0 Å². The zero-order valence-corrected chi connectivity index (χ0v) is 12.7. The number of aryl methyl sites for hydroxylation is 1. The van der Waals surface area contributed by atoms with E-state index in [0.29, 0.717) is 11.4 Å². The van der Waals surface area contributed by atoms with Gasteiger partial charge < -0.3 is 10.1 Å². The molecule has 1 aliphatic heterocycles. The molecule has 22 heavy (non-hydrogen) atoms. The van der Waals surface area contributed by atoms with E-state index >= 15 is 0 Å². The van der Waals surface area contributed by atoms with E-state index in [1.807, 2.05) is 24.7 Å². The molecule has 7 nitrogen and oxygen atoms in total. The van der Waals surface area contributed by atoms with E-state index in [-0.39, 0.29) is 6.10 Å². The molecule has 2 aromatic rings. The summed E-state index contributed by atoms with van der Waals surface area (Å²) in [5.74, 6) is 0.460. The van der Waals surface area contributed by atoms with Gasteiger partial charge in [-0.05, 0) is 32.3 Å². The standard InChI is InChI=1S/C15H18N6O/c1-10-11(2)19-20-15(14(10)6-16)18-12-7-17-21(8-12)9-13-4-3-5-22-13/h7-8,13H,3-5,9H2,1-2H3,(H,18,20)/t13-/m1/s1. The SMILES string of the molecule is Cc1nnc(Nc2cnn(C[C@H]3CCCO3)c2)c(C#N)c1C. The van der Waals surface area contributed by atoms with Crippen LogP contribution in [0.15, 0.2) is 12.4 Å². The van der Waals surface area contributed by atoms with E-state index in [2.05, 4.69) is 26.7 Å². The molecule has 1 N–H and O–H groups in total. The fourth-order valence-electron chi connectivity index (χ4n) is 2.49. The molecule has 0 aliphatic carbocycles. The van der Waals surface area contributed by atoms with Crippen LogP contribution in [0, 0.1) is 25.2 Å².